The molecule has 2 rings (SSSR count). The molecule has 0 aliphatic carbocycles. The van der Waals surface area contributed by atoms with Crippen LogP contribution < -0.4 is 20.5 Å². The molecule has 0 bridgehead atoms. The van der Waals surface area contributed by atoms with Gasteiger partial charge in [-0.1, -0.05) is 0 Å². The summed E-state index contributed by atoms with van der Waals surface area (Å²) in [6, 6.07) is 7.61. The van der Waals surface area contributed by atoms with Gasteiger partial charge in [0.1, 0.15) is 5.75 Å². The number of hydrogen-bond donors (Lipinski definition) is 3. The third-order valence-electron chi connectivity index (χ3n) is 3.95. The van der Waals surface area contributed by atoms with Gasteiger partial charge in [0.2, 0.25) is 0 Å². The van der Waals surface area contributed by atoms with Crippen molar-refractivity contribution in [1.29, 1.82) is 0 Å². The molecule has 1 aromatic heterocycles. The Morgan fingerprint density at radius 3 is 2.76 bits per heavy atom. The van der Waals surface area contributed by atoms with Gasteiger partial charge in [0, 0.05) is 23.5 Å². The van der Waals surface area contributed by atoms with Gasteiger partial charge >= 0.3 is 0 Å². The molecule has 3 N–H and O–H groups in total. The predicted octanol–water partition coefficient (Wildman–Crippen LogP) is 0.378. The summed E-state index contributed by atoms with van der Waals surface area (Å²) < 4.78 is 5.55. The molecule has 0 fully saturated rings. The van der Waals surface area contributed by atoms with Crippen LogP contribution in [0.15, 0.2) is 29.1 Å². The Hall–Kier alpha value is -2.12. The molecule has 1 heterocycles. The highest BCUT2D eigenvalue weighted by atomic mass is 32.1. The molecule has 0 saturated carbocycles. The van der Waals surface area contributed by atoms with Crippen LogP contribution in [0, 0.1) is 0 Å². The van der Waals surface area contributed by atoms with Crippen molar-refractivity contribution in [2.45, 2.75) is 13.5 Å². The first-order valence-corrected chi connectivity index (χ1v) is 8.89. The van der Waals surface area contributed by atoms with E-state index in [4.69, 9.17) is 17.0 Å². The predicted molar refractivity (Wildman–Crippen MR) is 105 cm³/mol. The van der Waals surface area contributed by atoms with Crippen LogP contribution in [0.3, 0.4) is 0 Å². The van der Waals surface area contributed by atoms with Crippen LogP contribution in [0.5, 0.6) is 5.75 Å². The third kappa shape index (κ3) is 5.17. The highest BCUT2D eigenvalue weighted by molar-refractivity contribution is 7.80. The molecule has 6 nitrogen and oxygen atoms in total. The number of fused-ring (bicyclic) bond motifs is 1. The number of H-pyrrole nitrogens is 1. The number of thiocarbonyl (C=S) groups is 1. The zero-order valence-corrected chi connectivity index (χ0v) is 16.1. The molecule has 0 aliphatic rings. The Labute approximate surface area is 153 Å². The molecule has 0 saturated heterocycles. The van der Waals surface area contributed by atoms with E-state index in [9.17, 15) is 4.79 Å². The number of ether oxygens (including phenoxy) is 1. The molecule has 136 valence electrons. The van der Waals surface area contributed by atoms with Crippen molar-refractivity contribution < 1.29 is 9.64 Å². The summed E-state index contributed by atoms with van der Waals surface area (Å²) in [5.41, 5.74) is 1.41. The summed E-state index contributed by atoms with van der Waals surface area (Å²) in [6.07, 6.45) is 0. The average Bonchev–Trinajstić information content (AvgIpc) is 2.58. The Morgan fingerprint density at radius 1 is 1.36 bits per heavy atom. The quantitative estimate of drug-likeness (QED) is 0.621. The maximum atomic E-state index is 12.4. The number of rotatable bonds is 7. The van der Waals surface area contributed by atoms with E-state index in [-0.39, 0.29) is 5.56 Å². The van der Waals surface area contributed by atoms with Gasteiger partial charge in [-0.25, -0.2) is 0 Å². The fraction of sp³-hybridized carbons (Fsp3) is 0.444. The molecule has 0 aliphatic heterocycles. The summed E-state index contributed by atoms with van der Waals surface area (Å²) in [4.78, 5) is 18.7. The van der Waals surface area contributed by atoms with Crippen LogP contribution in [-0.4, -0.2) is 55.8 Å². The lowest BCUT2D eigenvalue weighted by Gasteiger charge is -2.25. The van der Waals surface area contributed by atoms with Gasteiger partial charge in [0.25, 0.3) is 5.56 Å². The highest BCUT2D eigenvalue weighted by Gasteiger charge is 2.13. The first-order valence-electron chi connectivity index (χ1n) is 8.49. The van der Waals surface area contributed by atoms with Crippen molar-refractivity contribution in [1.82, 2.24) is 15.2 Å². The molecule has 0 radical (unpaired) electrons. The summed E-state index contributed by atoms with van der Waals surface area (Å²) >= 11 is 5.40. The number of quaternary nitrogens is 1. The van der Waals surface area contributed by atoms with E-state index >= 15 is 0 Å². The molecule has 0 unspecified atom stereocenters. The number of pyridine rings is 1. The van der Waals surface area contributed by atoms with Crippen LogP contribution in [-0.2, 0) is 6.54 Å². The minimum Gasteiger partial charge on any atom is -0.494 e. The van der Waals surface area contributed by atoms with Gasteiger partial charge < -0.3 is 24.8 Å². The summed E-state index contributed by atoms with van der Waals surface area (Å²) in [5.74, 6) is 0.798. The summed E-state index contributed by atoms with van der Waals surface area (Å²) in [5, 5.41) is 4.60. The van der Waals surface area contributed by atoms with E-state index < -0.39 is 0 Å². The van der Waals surface area contributed by atoms with Gasteiger partial charge in [-0.3, -0.25) is 4.79 Å². The lowest BCUT2D eigenvalue weighted by molar-refractivity contribution is -0.857. The Morgan fingerprint density at radius 2 is 2.12 bits per heavy atom. The number of nitrogens with zero attached hydrogens (tertiary/aromatic N) is 1. The van der Waals surface area contributed by atoms with Gasteiger partial charge in [-0.2, -0.15) is 0 Å². The van der Waals surface area contributed by atoms with Crippen LogP contribution in [0.2, 0.25) is 0 Å². The molecule has 2 aromatic rings. The zero-order chi connectivity index (χ0) is 18.4. The van der Waals surface area contributed by atoms with E-state index in [1.807, 2.05) is 36.1 Å². The van der Waals surface area contributed by atoms with E-state index in [0.29, 0.717) is 23.8 Å². The van der Waals surface area contributed by atoms with Crippen molar-refractivity contribution in [3.63, 3.8) is 0 Å². The minimum atomic E-state index is -0.0854. The molecule has 25 heavy (non-hydrogen) atoms. The van der Waals surface area contributed by atoms with Crippen LogP contribution in [0.25, 0.3) is 10.9 Å². The van der Waals surface area contributed by atoms with Crippen LogP contribution in [0.4, 0.5) is 0 Å². The molecule has 7 heteroatoms. The van der Waals surface area contributed by atoms with Crippen molar-refractivity contribution in [2.75, 3.05) is 40.8 Å². The monoisotopic (exact) mass is 363 g/mol. The first kappa shape index (κ1) is 19.2. The molecule has 0 atom stereocenters. The smallest absolute Gasteiger partial charge is 0.253 e. The molecular weight excluding hydrogens is 336 g/mol. The minimum absolute atomic E-state index is 0.0854. The van der Waals surface area contributed by atoms with Gasteiger partial charge in [0.15, 0.2) is 5.11 Å². The van der Waals surface area contributed by atoms with Crippen LogP contribution in [0.1, 0.15) is 12.5 Å². The molecule has 0 spiro atoms. The number of nitrogens with one attached hydrogen (secondary N) is 3. The van der Waals surface area contributed by atoms with E-state index in [1.54, 1.807) is 7.05 Å². The summed E-state index contributed by atoms with van der Waals surface area (Å²) in [7, 11) is 5.99. The second kappa shape index (κ2) is 8.82. The fourth-order valence-corrected chi connectivity index (χ4v) is 2.73. The van der Waals surface area contributed by atoms with Crippen molar-refractivity contribution in [2.24, 2.45) is 0 Å². The molecular formula is C18H27N4O2S+. The lowest BCUT2D eigenvalue weighted by Crippen LogP contribution is -3.06. The zero-order valence-electron chi connectivity index (χ0n) is 15.3. The van der Waals surface area contributed by atoms with Gasteiger partial charge in [-0.05, 0) is 43.4 Å². The van der Waals surface area contributed by atoms with Gasteiger partial charge in [0.05, 0.1) is 40.3 Å². The fourth-order valence-electron chi connectivity index (χ4n) is 2.58. The van der Waals surface area contributed by atoms with Crippen molar-refractivity contribution >= 4 is 28.2 Å². The second-order valence-electron chi connectivity index (χ2n) is 6.24. The maximum absolute atomic E-state index is 12.4. The number of hydrogen-bond acceptors (Lipinski definition) is 3. The Bertz CT molecular complexity index is 788. The number of benzene rings is 1. The standard InChI is InChI=1S/C18H26N4O2S/c1-5-24-15-6-7-16-13(11-15)10-14(17(23)20-16)12-22(18(25)19-2)9-8-21(3)4/h6-7,10-11H,5,8-9,12H2,1-4H3,(H,19,25)(H,20,23)/p+1. The normalized spacial score (nSPS) is 10.9. The Kier molecular flexibility index (Phi) is 6.78. The number of likely N-dealkylation sites (N-methyl/N-ethyl adjacent to an activating group) is 1. The van der Waals surface area contributed by atoms with E-state index in [1.165, 1.54) is 4.90 Å². The van der Waals surface area contributed by atoms with Crippen LogP contribution >= 0.6 is 12.2 Å². The van der Waals surface area contributed by atoms with Crippen molar-refractivity contribution in [3.8, 4) is 5.75 Å². The van der Waals surface area contributed by atoms with Crippen molar-refractivity contribution in [3.05, 3.63) is 40.2 Å². The third-order valence-corrected chi connectivity index (χ3v) is 4.41. The first-order chi connectivity index (χ1) is 11.9. The topological polar surface area (TPSA) is 61.8 Å². The lowest BCUT2D eigenvalue weighted by atomic mass is 10.1. The maximum Gasteiger partial charge on any atom is 0.253 e. The SMILES string of the molecule is CCOc1ccc2[nH]c(=O)c(CN(CC[NH+](C)C)C(=S)NC)cc2c1. The van der Waals surface area contributed by atoms with E-state index in [0.717, 1.165) is 29.7 Å². The second-order valence-corrected chi connectivity index (χ2v) is 6.63. The Balaban J connectivity index is 2.31. The highest BCUT2D eigenvalue weighted by Crippen LogP contribution is 2.19. The van der Waals surface area contributed by atoms with Gasteiger partial charge in [-0.15, -0.1) is 0 Å². The molecule has 1 aromatic carbocycles. The largest absolute Gasteiger partial charge is 0.494 e. The average molecular weight is 364 g/mol. The molecule has 0 amide bonds. The number of aromatic amines is 1. The number of aromatic nitrogens is 1. The van der Waals surface area contributed by atoms with E-state index in [2.05, 4.69) is 24.4 Å². The summed E-state index contributed by atoms with van der Waals surface area (Å²) in [6.45, 7) is 4.74.